The van der Waals surface area contributed by atoms with E-state index in [0.29, 0.717) is 16.8 Å². The highest BCUT2D eigenvalue weighted by Gasteiger charge is 2.16. The highest BCUT2D eigenvalue weighted by molar-refractivity contribution is 5.94. The summed E-state index contributed by atoms with van der Waals surface area (Å²) in [5.41, 5.74) is 2.11. The second kappa shape index (κ2) is 6.71. The van der Waals surface area contributed by atoms with E-state index in [9.17, 15) is 9.59 Å². The van der Waals surface area contributed by atoms with Crippen molar-refractivity contribution in [3.05, 3.63) is 58.3 Å². The van der Waals surface area contributed by atoms with Gasteiger partial charge >= 0.3 is 11.9 Å². The van der Waals surface area contributed by atoms with Gasteiger partial charge < -0.3 is 9.47 Å². The molecule has 0 aliphatic rings. The van der Waals surface area contributed by atoms with Crippen LogP contribution in [0.25, 0.3) is 0 Å². The van der Waals surface area contributed by atoms with Crippen LogP contribution in [0.15, 0.2) is 30.3 Å². The van der Waals surface area contributed by atoms with E-state index in [1.807, 2.05) is 6.07 Å². The fraction of sp³-hybridized carbons (Fsp3) is 0.176. The van der Waals surface area contributed by atoms with Gasteiger partial charge in [-0.2, -0.15) is 5.26 Å². The van der Waals surface area contributed by atoms with E-state index in [0.717, 1.165) is 0 Å². The van der Waals surface area contributed by atoms with Crippen LogP contribution in [0, 0.1) is 25.2 Å². The molecule has 2 aromatic rings. The van der Waals surface area contributed by atoms with E-state index in [-0.39, 0.29) is 17.0 Å². The van der Waals surface area contributed by atoms with E-state index >= 15 is 0 Å². The maximum Gasteiger partial charge on any atom is 0.344 e. The topological polar surface area (TPSA) is 89.3 Å². The Balaban J connectivity index is 2.26. The number of nitrogens with zero attached hydrogens (tertiary/aromatic N) is 2. The lowest BCUT2D eigenvalue weighted by molar-refractivity contribution is 0.0599. The summed E-state index contributed by atoms with van der Waals surface area (Å²) in [6.07, 6.45) is 0. The Bertz CT molecular complexity index is 805. The highest BCUT2D eigenvalue weighted by atomic mass is 16.5. The molecular formula is C17H14N2O4. The molecule has 1 aromatic heterocycles. The zero-order valence-electron chi connectivity index (χ0n) is 12.9. The number of carbonyl (C=O) groups excluding carboxylic acids is 2. The van der Waals surface area contributed by atoms with E-state index in [1.165, 1.54) is 31.4 Å². The van der Waals surface area contributed by atoms with Crippen LogP contribution in [0.4, 0.5) is 0 Å². The summed E-state index contributed by atoms with van der Waals surface area (Å²) < 4.78 is 9.81. The summed E-state index contributed by atoms with van der Waals surface area (Å²) in [7, 11) is 1.28. The number of aromatic nitrogens is 1. The first kappa shape index (κ1) is 16.2. The minimum Gasteiger partial charge on any atom is -0.465 e. The Morgan fingerprint density at radius 1 is 1.09 bits per heavy atom. The first-order chi connectivity index (χ1) is 11.0. The average Bonchev–Trinajstić information content (AvgIpc) is 2.54. The van der Waals surface area contributed by atoms with E-state index < -0.39 is 11.9 Å². The first-order valence-corrected chi connectivity index (χ1v) is 6.75. The van der Waals surface area contributed by atoms with Gasteiger partial charge in [0.25, 0.3) is 0 Å². The fourth-order valence-corrected chi connectivity index (χ4v) is 2.02. The van der Waals surface area contributed by atoms with Gasteiger partial charge in [-0.05, 0) is 49.7 Å². The molecule has 6 nitrogen and oxygen atoms in total. The zero-order chi connectivity index (χ0) is 17.0. The molecule has 6 heteroatoms. The van der Waals surface area contributed by atoms with Crippen molar-refractivity contribution in [2.75, 3.05) is 7.11 Å². The normalized spacial score (nSPS) is 9.83. The Morgan fingerprint density at radius 2 is 1.65 bits per heavy atom. The third-order valence-corrected chi connectivity index (χ3v) is 3.15. The summed E-state index contributed by atoms with van der Waals surface area (Å²) in [6.45, 7) is 3.49. The van der Waals surface area contributed by atoms with E-state index in [1.54, 1.807) is 19.9 Å². The molecule has 23 heavy (non-hydrogen) atoms. The van der Waals surface area contributed by atoms with Crippen molar-refractivity contribution in [2.24, 2.45) is 0 Å². The largest absolute Gasteiger partial charge is 0.465 e. The Labute approximate surface area is 133 Å². The number of methoxy groups -OCH3 is 1. The standard InChI is InChI=1S/C17H14N2O4/c1-10-8-11(2)19-15(14(10)9-18)23-17(21)13-6-4-12(5-7-13)16(20)22-3/h4-8H,1-3H3. The molecule has 2 rings (SSSR count). The molecule has 0 aliphatic carbocycles. The van der Waals surface area contributed by atoms with Crippen LogP contribution >= 0.6 is 0 Å². The summed E-state index contributed by atoms with van der Waals surface area (Å²) in [6, 6.07) is 9.53. The average molecular weight is 310 g/mol. The quantitative estimate of drug-likeness (QED) is 0.809. The molecule has 0 amide bonds. The van der Waals surface area contributed by atoms with Crippen LogP contribution in [-0.2, 0) is 4.74 Å². The van der Waals surface area contributed by atoms with Crippen molar-refractivity contribution in [3.8, 4) is 11.9 Å². The maximum absolute atomic E-state index is 12.2. The Hall–Kier alpha value is -3.20. The predicted molar refractivity (Wildman–Crippen MR) is 81.2 cm³/mol. The molecule has 0 radical (unpaired) electrons. The second-order valence-electron chi connectivity index (χ2n) is 4.83. The summed E-state index contributed by atoms with van der Waals surface area (Å²) in [4.78, 5) is 27.6. The molecule has 1 aromatic carbocycles. The number of carbonyl (C=O) groups is 2. The minimum absolute atomic E-state index is 0.0213. The van der Waals surface area contributed by atoms with Crippen LogP contribution in [0.2, 0.25) is 0 Å². The van der Waals surface area contributed by atoms with Crippen LogP contribution < -0.4 is 4.74 Å². The number of hydrogen-bond donors (Lipinski definition) is 0. The smallest absolute Gasteiger partial charge is 0.344 e. The van der Waals surface area contributed by atoms with E-state index in [2.05, 4.69) is 9.72 Å². The van der Waals surface area contributed by atoms with Gasteiger partial charge in [0.1, 0.15) is 11.6 Å². The van der Waals surface area contributed by atoms with Crippen LogP contribution in [0.1, 0.15) is 37.5 Å². The summed E-state index contributed by atoms with van der Waals surface area (Å²) in [5.74, 6) is -1.17. The lowest BCUT2D eigenvalue weighted by Crippen LogP contribution is -2.12. The highest BCUT2D eigenvalue weighted by Crippen LogP contribution is 2.21. The van der Waals surface area contributed by atoms with Crippen LogP contribution in [0.3, 0.4) is 0 Å². The number of ether oxygens (including phenoxy) is 2. The van der Waals surface area contributed by atoms with Gasteiger partial charge in [-0.3, -0.25) is 0 Å². The predicted octanol–water partition coefficient (Wildman–Crippen LogP) is 2.58. The molecular weight excluding hydrogens is 296 g/mol. The number of benzene rings is 1. The Kier molecular flexibility index (Phi) is 4.72. The molecule has 0 bridgehead atoms. The summed E-state index contributed by atoms with van der Waals surface area (Å²) in [5, 5.41) is 9.17. The van der Waals surface area contributed by atoms with Crippen LogP contribution in [-0.4, -0.2) is 24.0 Å². The molecule has 0 N–H and O–H groups in total. The zero-order valence-corrected chi connectivity index (χ0v) is 12.9. The number of pyridine rings is 1. The summed E-state index contributed by atoms with van der Waals surface area (Å²) >= 11 is 0. The van der Waals surface area contributed by atoms with Crippen molar-refractivity contribution >= 4 is 11.9 Å². The number of esters is 2. The van der Waals surface area contributed by atoms with Gasteiger partial charge in [0.2, 0.25) is 5.88 Å². The molecule has 0 atom stereocenters. The van der Waals surface area contributed by atoms with Gasteiger partial charge in [0.15, 0.2) is 0 Å². The molecule has 0 spiro atoms. The number of nitriles is 1. The van der Waals surface area contributed by atoms with Gasteiger partial charge in [-0.1, -0.05) is 0 Å². The van der Waals surface area contributed by atoms with Gasteiger partial charge in [-0.15, -0.1) is 0 Å². The lowest BCUT2D eigenvalue weighted by Gasteiger charge is -2.08. The first-order valence-electron chi connectivity index (χ1n) is 6.75. The van der Waals surface area contributed by atoms with Crippen molar-refractivity contribution in [2.45, 2.75) is 13.8 Å². The van der Waals surface area contributed by atoms with Crippen molar-refractivity contribution in [3.63, 3.8) is 0 Å². The lowest BCUT2D eigenvalue weighted by atomic mass is 10.1. The fourth-order valence-electron chi connectivity index (χ4n) is 2.02. The monoisotopic (exact) mass is 310 g/mol. The third-order valence-electron chi connectivity index (χ3n) is 3.15. The van der Waals surface area contributed by atoms with Crippen molar-refractivity contribution in [1.82, 2.24) is 4.98 Å². The third kappa shape index (κ3) is 3.52. The van der Waals surface area contributed by atoms with Crippen molar-refractivity contribution < 1.29 is 19.1 Å². The maximum atomic E-state index is 12.2. The molecule has 0 fully saturated rings. The van der Waals surface area contributed by atoms with Crippen LogP contribution in [0.5, 0.6) is 5.88 Å². The molecule has 0 aliphatic heterocycles. The van der Waals surface area contributed by atoms with Gasteiger partial charge in [0, 0.05) is 5.69 Å². The minimum atomic E-state index is -0.657. The molecule has 116 valence electrons. The molecule has 1 heterocycles. The van der Waals surface area contributed by atoms with Gasteiger partial charge in [-0.25, -0.2) is 14.6 Å². The SMILES string of the molecule is COC(=O)c1ccc(C(=O)Oc2nc(C)cc(C)c2C#N)cc1. The molecule has 0 saturated carbocycles. The van der Waals surface area contributed by atoms with Crippen molar-refractivity contribution in [1.29, 1.82) is 5.26 Å². The number of hydrogen-bond acceptors (Lipinski definition) is 6. The van der Waals surface area contributed by atoms with Gasteiger partial charge in [0.05, 0.1) is 18.2 Å². The number of aryl methyl sites for hydroxylation is 2. The molecule has 0 unspecified atom stereocenters. The number of rotatable bonds is 3. The Morgan fingerprint density at radius 3 is 2.17 bits per heavy atom. The second-order valence-corrected chi connectivity index (χ2v) is 4.83. The molecule has 0 saturated heterocycles. The van der Waals surface area contributed by atoms with E-state index in [4.69, 9.17) is 10.00 Å².